The molecule has 0 unspecified atom stereocenters. The van der Waals surface area contributed by atoms with Crippen molar-refractivity contribution >= 4 is 34.1 Å². The molecule has 2 aliphatic carbocycles. The van der Waals surface area contributed by atoms with E-state index in [2.05, 4.69) is 216 Å². The van der Waals surface area contributed by atoms with Crippen molar-refractivity contribution in [2.45, 2.75) is 31.1 Å². The maximum absolute atomic E-state index is 2.51. The summed E-state index contributed by atoms with van der Waals surface area (Å²) in [7, 11) is 0. The molecule has 8 aromatic carbocycles. The van der Waals surface area contributed by atoms with Crippen molar-refractivity contribution in [1.29, 1.82) is 0 Å². The zero-order valence-electron chi connectivity index (χ0n) is 30.9. The number of rotatable bonds is 8. The van der Waals surface area contributed by atoms with Crippen LogP contribution in [0, 0.1) is 0 Å². The zero-order valence-corrected chi connectivity index (χ0v) is 30.9. The van der Waals surface area contributed by atoms with E-state index < -0.39 is 0 Å². The maximum atomic E-state index is 2.51. The van der Waals surface area contributed by atoms with Gasteiger partial charge in [-0.2, -0.15) is 0 Å². The smallest absolute Gasteiger partial charge is 0.0462 e. The van der Waals surface area contributed by atoms with Crippen molar-refractivity contribution in [2.75, 3.05) is 9.80 Å². The van der Waals surface area contributed by atoms with Gasteiger partial charge in [-0.1, -0.05) is 134 Å². The highest BCUT2D eigenvalue weighted by molar-refractivity contribution is 5.87. The standard InChI is InChI=1S/C53H42N2/c1-5-15-43(16-6-1)54(44-17-7-2-8-18-44)47-29-23-39(24-30-47)41-27-33-49-50-34-28-42(38-52(50)53(51(49)37-41)35-13-14-36-53)40-25-31-48(32-26-40)55(45-19-9-3-10-20-45)46-21-11-4-12-22-46/h1-12,15-34,37-38H,13-14,35-36H2. The number of nitrogens with zero attached hydrogens (tertiary/aromatic N) is 2. The van der Waals surface area contributed by atoms with Crippen molar-refractivity contribution in [3.63, 3.8) is 0 Å². The number of hydrogen-bond acceptors (Lipinski definition) is 2. The van der Waals surface area contributed by atoms with Gasteiger partial charge in [-0.05, 0) is 142 Å². The van der Waals surface area contributed by atoms with E-state index in [4.69, 9.17) is 0 Å². The van der Waals surface area contributed by atoms with Crippen LogP contribution in [0.5, 0.6) is 0 Å². The molecule has 0 saturated heterocycles. The predicted molar refractivity (Wildman–Crippen MR) is 231 cm³/mol. The highest BCUT2D eigenvalue weighted by Gasteiger charge is 2.45. The van der Waals surface area contributed by atoms with Gasteiger partial charge in [-0.15, -0.1) is 0 Å². The Morgan fingerprint density at radius 3 is 0.909 bits per heavy atom. The molecule has 10 rings (SSSR count). The zero-order chi connectivity index (χ0) is 36.6. The third-order valence-corrected chi connectivity index (χ3v) is 11.8. The highest BCUT2D eigenvalue weighted by Crippen LogP contribution is 2.58. The summed E-state index contributed by atoms with van der Waals surface area (Å²) < 4.78 is 0. The van der Waals surface area contributed by atoms with Crippen LogP contribution < -0.4 is 9.80 Å². The Morgan fingerprint density at radius 2 is 0.582 bits per heavy atom. The molecular weight excluding hydrogens is 665 g/mol. The van der Waals surface area contributed by atoms with E-state index >= 15 is 0 Å². The first-order chi connectivity index (χ1) is 27.2. The molecule has 0 aromatic heterocycles. The topological polar surface area (TPSA) is 6.48 Å². The van der Waals surface area contributed by atoms with Gasteiger partial charge >= 0.3 is 0 Å². The van der Waals surface area contributed by atoms with Crippen LogP contribution in [0.15, 0.2) is 206 Å². The van der Waals surface area contributed by atoms with Gasteiger partial charge in [-0.25, -0.2) is 0 Å². The van der Waals surface area contributed by atoms with Crippen LogP contribution in [0.2, 0.25) is 0 Å². The minimum atomic E-state index is 0.0609. The van der Waals surface area contributed by atoms with Crippen LogP contribution in [-0.4, -0.2) is 0 Å². The maximum Gasteiger partial charge on any atom is 0.0462 e. The molecule has 2 aliphatic rings. The van der Waals surface area contributed by atoms with E-state index in [9.17, 15) is 0 Å². The average Bonchev–Trinajstić information content (AvgIpc) is 3.86. The number of hydrogen-bond donors (Lipinski definition) is 0. The minimum absolute atomic E-state index is 0.0609. The molecule has 0 radical (unpaired) electrons. The fourth-order valence-electron chi connectivity index (χ4n) is 9.18. The van der Waals surface area contributed by atoms with Crippen molar-refractivity contribution in [3.8, 4) is 33.4 Å². The summed E-state index contributed by atoms with van der Waals surface area (Å²) in [5.74, 6) is 0. The molecule has 55 heavy (non-hydrogen) atoms. The molecule has 1 spiro atoms. The third kappa shape index (κ3) is 5.91. The monoisotopic (exact) mass is 706 g/mol. The molecule has 1 saturated carbocycles. The van der Waals surface area contributed by atoms with Gasteiger partial charge in [0, 0.05) is 39.5 Å². The molecule has 2 heteroatoms. The first kappa shape index (κ1) is 33.0. The molecule has 0 N–H and O–H groups in total. The van der Waals surface area contributed by atoms with Gasteiger partial charge in [0.1, 0.15) is 0 Å². The number of benzene rings is 8. The Morgan fingerprint density at radius 1 is 0.291 bits per heavy atom. The van der Waals surface area contributed by atoms with Crippen LogP contribution in [0.1, 0.15) is 36.8 Å². The second kappa shape index (κ2) is 14.0. The lowest BCUT2D eigenvalue weighted by Gasteiger charge is -2.28. The van der Waals surface area contributed by atoms with Crippen LogP contribution in [0.3, 0.4) is 0 Å². The highest BCUT2D eigenvalue weighted by atomic mass is 15.1. The molecule has 1 fully saturated rings. The molecule has 0 amide bonds. The average molecular weight is 707 g/mol. The van der Waals surface area contributed by atoms with E-state index in [1.807, 2.05) is 0 Å². The summed E-state index contributed by atoms with van der Waals surface area (Å²) in [5, 5.41) is 0. The Labute approximate surface area is 324 Å². The minimum Gasteiger partial charge on any atom is -0.311 e. The van der Waals surface area contributed by atoms with E-state index in [0.29, 0.717) is 0 Å². The van der Waals surface area contributed by atoms with Crippen molar-refractivity contribution < 1.29 is 0 Å². The molecule has 2 nitrogen and oxygen atoms in total. The Bertz CT molecular complexity index is 2300. The summed E-state index contributed by atoms with van der Waals surface area (Å²) in [6.45, 7) is 0. The number of para-hydroxylation sites is 4. The fraction of sp³-hybridized carbons (Fsp3) is 0.0943. The van der Waals surface area contributed by atoms with Crippen LogP contribution >= 0.6 is 0 Å². The molecule has 8 aromatic rings. The van der Waals surface area contributed by atoms with Crippen LogP contribution in [0.4, 0.5) is 34.1 Å². The van der Waals surface area contributed by atoms with Crippen molar-refractivity contribution in [2.24, 2.45) is 0 Å². The molecular formula is C53H42N2. The first-order valence-electron chi connectivity index (χ1n) is 19.6. The van der Waals surface area contributed by atoms with Crippen LogP contribution in [-0.2, 0) is 5.41 Å². The van der Waals surface area contributed by atoms with E-state index in [-0.39, 0.29) is 5.41 Å². The van der Waals surface area contributed by atoms with E-state index in [1.165, 1.54) is 70.2 Å². The Hall–Kier alpha value is -6.64. The quantitative estimate of drug-likeness (QED) is 0.155. The second-order valence-electron chi connectivity index (χ2n) is 14.9. The molecule has 0 bridgehead atoms. The summed E-state index contributed by atoms with van der Waals surface area (Å²) in [6.07, 6.45) is 4.93. The van der Waals surface area contributed by atoms with Gasteiger partial charge in [-0.3, -0.25) is 0 Å². The first-order valence-corrected chi connectivity index (χ1v) is 19.6. The molecule has 0 atom stereocenters. The van der Waals surface area contributed by atoms with Gasteiger partial charge in [0.15, 0.2) is 0 Å². The van der Waals surface area contributed by atoms with Crippen molar-refractivity contribution in [3.05, 3.63) is 217 Å². The molecule has 0 heterocycles. The SMILES string of the molecule is c1ccc(N(c2ccccc2)c2ccc(-c3ccc4c(c3)C3(CCCC3)c3cc(-c5ccc(N(c6ccccc6)c6ccccc6)cc5)ccc3-4)cc2)cc1. The van der Waals surface area contributed by atoms with Gasteiger partial charge in [0.05, 0.1) is 0 Å². The van der Waals surface area contributed by atoms with Gasteiger partial charge in [0.2, 0.25) is 0 Å². The predicted octanol–water partition coefficient (Wildman–Crippen LogP) is 14.8. The normalized spacial score (nSPS) is 13.7. The summed E-state index contributed by atoms with van der Waals surface area (Å²) in [6, 6.07) is 75.2. The number of fused-ring (bicyclic) bond motifs is 5. The lowest BCUT2D eigenvalue weighted by Crippen LogP contribution is -2.20. The van der Waals surface area contributed by atoms with Crippen LogP contribution in [0.25, 0.3) is 33.4 Å². The molecule has 0 aliphatic heterocycles. The van der Waals surface area contributed by atoms with Gasteiger partial charge in [0.25, 0.3) is 0 Å². The summed E-state index contributed by atoms with van der Waals surface area (Å²) in [5.41, 5.74) is 17.8. The summed E-state index contributed by atoms with van der Waals surface area (Å²) in [4.78, 5) is 4.65. The number of anilines is 6. The summed E-state index contributed by atoms with van der Waals surface area (Å²) >= 11 is 0. The lowest BCUT2D eigenvalue weighted by molar-refractivity contribution is 0.550. The van der Waals surface area contributed by atoms with Gasteiger partial charge < -0.3 is 9.80 Å². The fourth-order valence-corrected chi connectivity index (χ4v) is 9.18. The van der Waals surface area contributed by atoms with E-state index in [0.717, 1.165) is 34.1 Å². The largest absolute Gasteiger partial charge is 0.311 e. The lowest BCUT2D eigenvalue weighted by atomic mass is 9.75. The Kier molecular flexibility index (Phi) is 8.37. The van der Waals surface area contributed by atoms with E-state index in [1.54, 1.807) is 0 Å². The second-order valence-corrected chi connectivity index (χ2v) is 14.9. The Balaban J connectivity index is 0.972. The van der Waals surface area contributed by atoms with Crippen molar-refractivity contribution in [1.82, 2.24) is 0 Å². The third-order valence-electron chi connectivity index (χ3n) is 11.8. The molecule has 264 valence electrons.